The first-order chi connectivity index (χ1) is 30.8. The van der Waals surface area contributed by atoms with E-state index in [2.05, 4.69) is 39.7 Å². The molecule has 10 atom stereocenters. The van der Waals surface area contributed by atoms with Crippen LogP contribution in [0.4, 0.5) is 0 Å². The Labute approximate surface area is 396 Å². The van der Waals surface area contributed by atoms with Crippen molar-refractivity contribution in [2.45, 2.75) is 193 Å². The van der Waals surface area contributed by atoms with Gasteiger partial charge in [-0.05, 0) is 97.8 Å². The molecule has 5 N–H and O–H groups in total. The molecule has 0 unspecified atom stereocenters. The van der Waals surface area contributed by atoms with Crippen LogP contribution >= 0.6 is 11.8 Å². The molecule has 17 nitrogen and oxygen atoms in total. The minimum Gasteiger partial charge on any atom is -0.366 e. The quantitative estimate of drug-likeness (QED) is 0.170. The summed E-state index contributed by atoms with van der Waals surface area (Å²) < 4.78 is 12.5. The molecule has 4 aliphatic heterocycles. The van der Waals surface area contributed by atoms with Gasteiger partial charge in [0.25, 0.3) is 0 Å². The van der Waals surface area contributed by atoms with Crippen LogP contribution in [0.15, 0.2) is 30.3 Å². The third-order valence-corrected chi connectivity index (χ3v) is 13.8. The molecule has 0 saturated carbocycles. The van der Waals surface area contributed by atoms with Crippen molar-refractivity contribution in [2.75, 3.05) is 18.8 Å². The van der Waals surface area contributed by atoms with Crippen molar-refractivity contribution < 1.29 is 43.0 Å². The lowest BCUT2D eigenvalue weighted by Gasteiger charge is -2.35. The molecule has 2 bridgehead atoms. The first-order valence-corrected chi connectivity index (χ1v) is 24.7. The average molecular weight is 943 g/mol. The monoisotopic (exact) mass is 943 g/mol. The molecule has 2 fully saturated rings. The fourth-order valence-electron chi connectivity index (χ4n) is 8.86. The molecule has 0 aromatic rings. The van der Waals surface area contributed by atoms with E-state index >= 15 is 0 Å². The number of ether oxygens (including phenoxy) is 2. The van der Waals surface area contributed by atoms with Crippen molar-refractivity contribution in [3.05, 3.63) is 25.3 Å². The van der Waals surface area contributed by atoms with Crippen molar-refractivity contribution in [1.82, 2.24) is 36.4 Å². The summed E-state index contributed by atoms with van der Waals surface area (Å²) in [6.45, 7) is 30.1. The zero-order valence-corrected chi connectivity index (χ0v) is 42.2. The molecule has 0 aliphatic carbocycles. The lowest BCUT2D eigenvalue weighted by atomic mass is 9.99. The van der Waals surface area contributed by atoms with Crippen LogP contribution in [0, 0.1) is 17.8 Å². The summed E-state index contributed by atoms with van der Waals surface area (Å²) in [4.78, 5) is 109. The summed E-state index contributed by atoms with van der Waals surface area (Å²) in [6.07, 6.45) is 3.79. The number of hydrogen-bond donors (Lipinski definition) is 5. The molecule has 4 aliphatic rings. The Bertz CT molecular complexity index is 1850. The van der Waals surface area contributed by atoms with Gasteiger partial charge in [0, 0.05) is 18.8 Å². The largest absolute Gasteiger partial charge is 0.366 e. The molecule has 4 heterocycles. The van der Waals surface area contributed by atoms with Crippen LogP contribution in [0.5, 0.6) is 0 Å². The van der Waals surface area contributed by atoms with Crippen LogP contribution in [-0.2, 0) is 43.0 Å². The van der Waals surface area contributed by atoms with Crippen molar-refractivity contribution >= 4 is 58.2 Å². The fraction of sp³-hybridized carbons (Fsp3) is 0.750. The predicted octanol–water partition coefficient (Wildman–Crippen LogP) is 3.41. The number of rotatable bonds is 13. The van der Waals surface area contributed by atoms with E-state index in [1.54, 1.807) is 67.5 Å². The van der Waals surface area contributed by atoms with Crippen molar-refractivity contribution in [2.24, 2.45) is 22.7 Å². The highest BCUT2D eigenvalue weighted by Crippen LogP contribution is 2.27. The Hall–Kier alpha value is -4.29. The summed E-state index contributed by atoms with van der Waals surface area (Å²) in [6, 6.07) is -8.08. The van der Waals surface area contributed by atoms with Gasteiger partial charge in [-0.15, -0.1) is 24.9 Å². The van der Waals surface area contributed by atoms with Crippen LogP contribution in [0.25, 0.3) is 0 Å². The maximum Gasteiger partial charge on any atom is 0.246 e. The Kier molecular flexibility index (Phi) is 19.0. The van der Waals surface area contributed by atoms with Gasteiger partial charge >= 0.3 is 0 Å². The van der Waals surface area contributed by atoms with Gasteiger partial charge in [-0.3, -0.25) is 38.6 Å². The van der Waals surface area contributed by atoms with E-state index in [0.29, 0.717) is 37.1 Å². The smallest absolute Gasteiger partial charge is 0.246 e. The van der Waals surface area contributed by atoms with Crippen LogP contribution < -0.4 is 26.6 Å². The Balaban J connectivity index is 1.84. The summed E-state index contributed by atoms with van der Waals surface area (Å²) >= 11 is 1.32. The standard InChI is InChI=1S/C48H78N8O9S/c1-15-47(11,12)64-29(9)37-43(61)50-32(24-27(5)6)45(62)55-21-17-19-34(55)40(58)52-36(28(7)8)46(63)56-22-18-20-35(56)41(59)54-38(30(10)65-48(13,14)16-2)42(60)49-31(23-26(3)4)44-51-33(25-66-44)39(57)53-37/h15-16,26-38H,1-2,17-25H2,3-14H3,(H,49,60)(H,50,61)(H,52,58)(H,53,57)(H,54,59)/t29-,30-,31+,32+,33+,34+,35+,36+,37+,38+/m1/s1. The highest BCUT2D eigenvalue weighted by molar-refractivity contribution is 8.14. The van der Waals surface area contributed by atoms with E-state index in [-0.39, 0.29) is 37.1 Å². The molecule has 0 aromatic carbocycles. The zero-order valence-electron chi connectivity index (χ0n) is 41.4. The van der Waals surface area contributed by atoms with Crippen molar-refractivity contribution in [3.63, 3.8) is 0 Å². The first kappa shape index (κ1) is 54.3. The summed E-state index contributed by atoms with van der Waals surface area (Å²) in [5.74, 6) is -3.88. The van der Waals surface area contributed by atoms with Gasteiger partial charge in [0.05, 0.1) is 34.5 Å². The van der Waals surface area contributed by atoms with Crippen LogP contribution in [-0.4, -0.2) is 147 Å². The Morgan fingerprint density at radius 3 is 1.50 bits per heavy atom. The average Bonchev–Trinajstić information content (AvgIpc) is 4.03. The topological polar surface area (TPSA) is 217 Å². The third kappa shape index (κ3) is 14.1. The lowest BCUT2D eigenvalue weighted by molar-refractivity contribution is -0.146. The highest BCUT2D eigenvalue weighted by atomic mass is 32.2. The summed E-state index contributed by atoms with van der Waals surface area (Å²) in [7, 11) is 0. The lowest BCUT2D eigenvalue weighted by Crippen LogP contribution is -2.62. The molecule has 2 saturated heterocycles. The molecule has 4 rings (SSSR count). The van der Waals surface area contributed by atoms with Gasteiger partial charge in [0.1, 0.15) is 42.3 Å². The maximum absolute atomic E-state index is 14.6. The van der Waals surface area contributed by atoms with Gasteiger partial charge in [-0.25, -0.2) is 0 Å². The van der Waals surface area contributed by atoms with E-state index < -0.39 is 119 Å². The fourth-order valence-corrected chi connectivity index (χ4v) is 9.97. The third-order valence-electron chi connectivity index (χ3n) is 12.6. The molecule has 370 valence electrons. The summed E-state index contributed by atoms with van der Waals surface area (Å²) in [5.41, 5.74) is -1.77. The SMILES string of the molecule is C=CC(C)(C)O[C@H](C)[C@@H]1NC(=O)[C@@H]2CSC(=N2)[C@H](CC(C)C)NC(=O)[C@H]([C@@H](C)OC(C)(C)C=C)NC(=O)[C@@H]2CCCN2C(=O)[C@H](C(C)C)NC(=O)[C@@H]2CCCN2C(=O)[C@H](CC(C)C)NC1=O. The molecular weight excluding hydrogens is 865 g/mol. The zero-order chi connectivity index (χ0) is 49.4. The first-order valence-electron chi connectivity index (χ1n) is 23.8. The number of carbonyl (C=O) groups excluding carboxylic acids is 7. The normalized spacial score (nSPS) is 29.0. The van der Waals surface area contributed by atoms with E-state index in [4.69, 9.17) is 14.5 Å². The predicted molar refractivity (Wildman–Crippen MR) is 256 cm³/mol. The maximum atomic E-state index is 14.6. The second kappa shape index (κ2) is 23.1. The van der Waals surface area contributed by atoms with Crippen LogP contribution in [0.1, 0.15) is 122 Å². The van der Waals surface area contributed by atoms with E-state index in [0.717, 1.165) is 0 Å². The van der Waals surface area contributed by atoms with Crippen LogP contribution in [0.2, 0.25) is 0 Å². The number of hydrogen-bond acceptors (Lipinski definition) is 11. The molecule has 66 heavy (non-hydrogen) atoms. The van der Waals surface area contributed by atoms with E-state index in [9.17, 15) is 33.6 Å². The van der Waals surface area contributed by atoms with Crippen molar-refractivity contribution in [3.8, 4) is 0 Å². The number of amides is 7. The van der Waals surface area contributed by atoms with Gasteiger partial charge < -0.3 is 45.9 Å². The molecule has 7 amide bonds. The van der Waals surface area contributed by atoms with Crippen molar-refractivity contribution in [1.29, 1.82) is 0 Å². The number of fused-ring (bicyclic) bond motifs is 3. The number of aliphatic imine (C=N–C) groups is 1. The minimum absolute atomic E-state index is 0.0523. The van der Waals surface area contributed by atoms with Gasteiger partial charge in [-0.1, -0.05) is 53.7 Å². The van der Waals surface area contributed by atoms with Gasteiger partial charge in [0.2, 0.25) is 41.4 Å². The molecule has 0 aromatic heterocycles. The van der Waals surface area contributed by atoms with Crippen LogP contribution in [0.3, 0.4) is 0 Å². The number of nitrogens with one attached hydrogen (secondary N) is 5. The second-order valence-electron chi connectivity index (χ2n) is 20.5. The Morgan fingerprint density at radius 1 is 0.621 bits per heavy atom. The molecule has 18 heteroatoms. The summed E-state index contributed by atoms with van der Waals surface area (Å²) in [5, 5.41) is 15.3. The highest BCUT2D eigenvalue weighted by Gasteiger charge is 2.45. The number of carbonyl (C=O) groups is 7. The van der Waals surface area contributed by atoms with Gasteiger partial charge in [0.15, 0.2) is 0 Å². The van der Waals surface area contributed by atoms with E-state index in [1.807, 2.05) is 27.7 Å². The Morgan fingerprint density at radius 2 is 1.05 bits per heavy atom. The van der Waals surface area contributed by atoms with E-state index in [1.165, 1.54) is 21.6 Å². The molecule has 0 spiro atoms. The molecular formula is C48H78N8O9S. The second-order valence-corrected chi connectivity index (χ2v) is 21.6. The molecule has 0 radical (unpaired) electrons. The number of thioether (sulfide) groups is 1. The minimum atomic E-state index is -1.28. The van der Waals surface area contributed by atoms with Gasteiger partial charge in [-0.2, -0.15) is 0 Å². The number of nitrogens with zero attached hydrogens (tertiary/aromatic N) is 3.